The molecular weight excluding hydrogens is 360 g/mol. The van der Waals surface area contributed by atoms with Gasteiger partial charge in [0.15, 0.2) is 28.8 Å². The van der Waals surface area contributed by atoms with Gasteiger partial charge in [-0.05, 0) is 55.8 Å². The molecule has 0 bridgehead atoms. The number of ether oxygens (including phenoxy) is 5. The summed E-state index contributed by atoms with van der Waals surface area (Å²) in [4.78, 5) is 12.6. The van der Waals surface area contributed by atoms with Gasteiger partial charge in [0, 0.05) is 5.56 Å². The maximum Gasteiger partial charge on any atom is 0.203 e. The van der Waals surface area contributed by atoms with Crippen LogP contribution in [0.15, 0.2) is 36.4 Å². The number of hydrogen-bond donors (Lipinski definition) is 0. The Kier molecular flexibility index (Phi) is 7.32. The fourth-order valence-electron chi connectivity index (χ4n) is 2.64. The van der Waals surface area contributed by atoms with E-state index in [1.807, 2.05) is 13.8 Å². The lowest BCUT2D eigenvalue weighted by Gasteiger charge is -2.14. The first-order valence-electron chi connectivity index (χ1n) is 8.80. The predicted octanol–water partition coefficient (Wildman–Crippen LogP) is 4.40. The fraction of sp³-hybridized carbons (Fsp3) is 0.318. The summed E-state index contributed by atoms with van der Waals surface area (Å²) in [5.74, 6) is 2.49. The van der Waals surface area contributed by atoms with Crippen molar-refractivity contribution in [2.24, 2.45) is 0 Å². The Morgan fingerprint density at radius 3 is 1.93 bits per heavy atom. The summed E-state index contributed by atoms with van der Waals surface area (Å²) in [6.07, 6.45) is 3.19. The number of rotatable bonds is 9. The number of methoxy groups -OCH3 is 4. The molecule has 0 aliphatic heterocycles. The Balaban J connectivity index is 2.28. The number of benzene rings is 2. The second-order valence-corrected chi connectivity index (χ2v) is 6.19. The molecule has 0 amide bonds. The molecule has 0 unspecified atom stereocenters. The molecule has 0 heterocycles. The molecule has 0 atom stereocenters. The minimum atomic E-state index is -0.164. The highest BCUT2D eigenvalue weighted by Crippen LogP contribution is 2.38. The van der Waals surface area contributed by atoms with Gasteiger partial charge in [-0.1, -0.05) is 6.08 Å². The molecule has 0 saturated heterocycles. The standard InChI is InChI=1S/C22H26O6/c1-14(2)28-18-10-8-16(13-19(18)24-3)17(23)9-7-15-11-20(25-4)22(27-6)21(12-15)26-5/h7-14H,1-6H3/b9-7+. The predicted molar refractivity (Wildman–Crippen MR) is 108 cm³/mol. The molecule has 0 N–H and O–H groups in total. The van der Waals surface area contributed by atoms with Gasteiger partial charge in [-0.2, -0.15) is 0 Å². The van der Waals surface area contributed by atoms with E-state index in [0.29, 0.717) is 34.3 Å². The topological polar surface area (TPSA) is 63.2 Å². The van der Waals surface area contributed by atoms with Crippen LogP contribution in [0.3, 0.4) is 0 Å². The second kappa shape index (κ2) is 9.69. The van der Waals surface area contributed by atoms with Crippen molar-refractivity contribution in [1.29, 1.82) is 0 Å². The van der Waals surface area contributed by atoms with E-state index in [0.717, 1.165) is 5.56 Å². The summed E-state index contributed by atoms with van der Waals surface area (Å²) < 4.78 is 27.0. The van der Waals surface area contributed by atoms with Crippen molar-refractivity contribution in [2.45, 2.75) is 20.0 Å². The Hall–Kier alpha value is -3.15. The van der Waals surface area contributed by atoms with Crippen LogP contribution >= 0.6 is 0 Å². The summed E-state index contributed by atoms with van der Waals surface area (Å²) >= 11 is 0. The highest BCUT2D eigenvalue weighted by molar-refractivity contribution is 6.07. The smallest absolute Gasteiger partial charge is 0.203 e. The first-order valence-corrected chi connectivity index (χ1v) is 8.80. The molecule has 0 fully saturated rings. The van der Waals surface area contributed by atoms with E-state index in [4.69, 9.17) is 23.7 Å². The monoisotopic (exact) mass is 386 g/mol. The van der Waals surface area contributed by atoms with Crippen molar-refractivity contribution in [2.75, 3.05) is 28.4 Å². The molecule has 0 aliphatic carbocycles. The molecule has 0 aromatic heterocycles. The molecule has 6 heteroatoms. The Labute approximate surface area is 165 Å². The van der Waals surface area contributed by atoms with E-state index in [1.54, 1.807) is 64.8 Å². The van der Waals surface area contributed by atoms with Gasteiger partial charge in [-0.15, -0.1) is 0 Å². The van der Waals surface area contributed by atoms with E-state index in [2.05, 4.69) is 0 Å². The molecule has 28 heavy (non-hydrogen) atoms. The minimum absolute atomic E-state index is 0.00961. The average Bonchev–Trinajstić information content (AvgIpc) is 2.70. The molecule has 0 spiro atoms. The quantitative estimate of drug-likeness (QED) is 0.470. The molecule has 0 saturated carbocycles. The zero-order valence-electron chi connectivity index (χ0n) is 17.1. The Morgan fingerprint density at radius 2 is 1.43 bits per heavy atom. The molecule has 0 radical (unpaired) electrons. The molecule has 2 aromatic rings. The van der Waals surface area contributed by atoms with Crippen LogP contribution in [-0.4, -0.2) is 40.3 Å². The van der Waals surface area contributed by atoms with Gasteiger partial charge in [-0.25, -0.2) is 0 Å². The van der Waals surface area contributed by atoms with E-state index in [1.165, 1.54) is 6.08 Å². The molecule has 6 nitrogen and oxygen atoms in total. The van der Waals surface area contributed by atoms with Crippen molar-refractivity contribution in [3.05, 3.63) is 47.5 Å². The van der Waals surface area contributed by atoms with Gasteiger partial charge >= 0.3 is 0 Å². The summed E-state index contributed by atoms with van der Waals surface area (Å²) in [5.41, 5.74) is 1.24. The van der Waals surface area contributed by atoms with Crippen molar-refractivity contribution in [1.82, 2.24) is 0 Å². The fourth-order valence-corrected chi connectivity index (χ4v) is 2.64. The van der Waals surface area contributed by atoms with Crippen LogP contribution < -0.4 is 23.7 Å². The summed E-state index contributed by atoms with van der Waals surface area (Å²) in [5, 5.41) is 0. The third-order valence-electron chi connectivity index (χ3n) is 3.93. The second-order valence-electron chi connectivity index (χ2n) is 6.19. The average molecular weight is 386 g/mol. The van der Waals surface area contributed by atoms with Crippen molar-refractivity contribution < 1.29 is 28.5 Å². The van der Waals surface area contributed by atoms with Crippen LogP contribution in [0.1, 0.15) is 29.8 Å². The largest absolute Gasteiger partial charge is 0.493 e. The van der Waals surface area contributed by atoms with Gasteiger partial charge < -0.3 is 23.7 Å². The van der Waals surface area contributed by atoms with Crippen molar-refractivity contribution in [3.8, 4) is 28.7 Å². The van der Waals surface area contributed by atoms with Gasteiger partial charge in [-0.3, -0.25) is 4.79 Å². The van der Waals surface area contributed by atoms with Crippen LogP contribution in [0.5, 0.6) is 28.7 Å². The summed E-state index contributed by atoms with van der Waals surface area (Å²) in [6.45, 7) is 3.86. The zero-order valence-corrected chi connectivity index (χ0v) is 17.1. The first-order chi connectivity index (χ1) is 13.4. The van der Waals surface area contributed by atoms with Crippen LogP contribution in [0.2, 0.25) is 0 Å². The molecule has 0 aliphatic rings. The molecular formula is C22H26O6. The lowest BCUT2D eigenvalue weighted by Crippen LogP contribution is -2.07. The maximum absolute atomic E-state index is 12.6. The Bertz CT molecular complexity index is 829. The van der Waals surface area contributed by atoms with E-state index in [9.17, 15) is 4.79 Å². The van der Waals surface area contributed by atoms with E-state index in [-0.39, 0.29) is 11.9 Å². The SMILES string of the molecule is COc1cc(C(=O)/C=C/c2cc(OC)c(OC)c(OC)c2)ccc1OC(C)C. The van der Waals surface area contributed by atoms with Crippen molar-refractivity contribution >= 4 is 11.9 Å². The Morgan fingerprint density at radius 1 is 0.821 bits per heavy atom. The highest BCUT2D eigenvalue weighted by atomic mass is 16.5. The summed E-state index contributed by atoms with van der Waals surface area (Å²) in [6, 6.07) is 8.65. The first kappa shape index (κ1) is 21.2. The van der Waals surface area contributed by atoms with Crippen LogP contribution in [0, 0.1) is 0 Å². The summed E-state index contributed by atoms with van der Waals surface area (Å²) in [7, 11) is 6.17. The number of ketones is 1. The lowest BCUT2D eigenvalue weighted by molar-refractivity contribution is 0.104. The highest BCUT2D eigenvalue weighted by Gasteiger charge is 2.13. The lowest BCUT2D eigenvalue weighted by atomic mass is 10.1. The zero-order chi connectivity index (χ0) is 20.7. The number of carbonyl (C=O) groups excluding carboxylic acids is 1. The van der Waals surface area contributed by atoms with Gasteiger partial charge in [0.1, 0.15) is 0 Å². The van der Waals surface area contributed by atoms with Gasteiger partial charge in [0.2, 0.25) is 5.75 Å². The third kappa shape index (κ3) is 4.97. The maximum atomic E-state index is 12.6. The number of allylic oxidation sites excluding steroid dienone is 1. The molecule has 150 valence electrons. The van der Waals surface area contributed by atoms with Crippen LogP contribution in [-0.2, 0) is 0 Å². The van der Waals surface area contributed by atoms with E-state index >= 15 is 0 Å². The van der Waals surface area contributed by atoms with Crippen molar-refractivity contribution in [3.63, 3.8) is 0 Å². The third-order valence-corrected chi connectivity index (χ3v) is 3.93. The van der Waals surface area contributed by atoms with E-state index < -0.39 is 0 Å². The number of carbonyl (C=O) groups is 1. The van der Waals surface area contributed by atoms with Crippen LogP contribution in [0.4, 0.5) is 0 Å². The van der Waals surface area contributed by atoms with Gasteiger partial charge in [0.25, 0.3) is 0 Å². The number of hydrogen-bond acceptors (Lipinski definition) is 6. The molecule has 2 aromatic carbocycles. The normalized spacial score (nSPS) is 10.8. The molecule has 2 rings (SSSR count). The van der Waals surface area contributed by atoms with Crippen LogP contribution in [0.25, 0.3) is 6.08 Å². The minimum Gasteiger partial charge on any atom is -0.493 e. The van der Waals surface area contributed by atoms with Gasteiger partial charge in [0.05, 0.1) is 34.5 Å².